The number of nitrogens with one attached hydrogen (secondary N) is 1. The fraction of sp³-hybridized carbons (Fsp3) is 0.867. The van der Waals surface area contributed by atoms with Crippen molar-refractivity contribution in [1.29, 1.82) is 0 Å². The molecule has 0 aromatic rings. The first kappa shape index (κ1) is 16.8. The van der Waals surface area contributed by atoms with Gasteiger partial charge in [-0.15, -0.1) is 0 Å². The molecule has 116 valence electrons. The van der Waals surface area contributed by atoms with Crippen LogP contribution in [0.3, 0.4) is 0 Å². The number of carboxylic acid groups (broad SMARTS) is 1. The first-order valence-corrected chi connectivity index (χ1v) is 7.57. The van der Waals surface area contributed by atoms with Gasteiger partial charge in [-0.25, -0.2) is 4.79 Å². The summed E-state index contributed by atoms with van der Waals surface area (Å²) in [6.45, 7) is 9.15. The highest BCUT2D eigenvalue weighted by molar-refractivity contribution is 5.77. The van der Waals surface area contributed by atoms with E-state index in [0.29, 0.717) is 31.8 Å². The SMILES string of the molecule is CCC(C)CC(C)NC(=O)N1CCC(C)(C(=O)O)CC1. The zero-order chi connectivity index (χ0) is 15.3. The summed E-state index contributed by atoms with van der Waals surface area (Å²) in [5, 5.41) is 12.2. The monoisotopic (exact) mass is 284 g/mol. The van der Waals surface area contributed by atoms with Crippen LogP contribution >= 0.6 is 0 Å². The van der Waals surface area contributed by atoms with E-state index in [1.165, 1.54) is 0 Å². The van der Waals surface area contributed by atoms with Crippen LogP contribution in [0.1, 0.15) is 53.4 Å². The maximum atomic E-state index is 12.1. The lowest BCUT2D eigenvalue weighted by atomic mass is 9.80. The highest BCUT2D eigenvalue weighted by atomic mass is 16.4. The van der Waals surface area contributed by atoms with Crippen LogP contribution in [0.25, 0.3) is 0 Å². The number of urea groups is 1. The average molecular weight is 284 g/mol. The number of carbonyl (C=O) groups is 2. The Morgan fingerprint density at radius 2 is 1.85 bits per heavy atom. The molecule has 0 saturated carbocycles. The molecule has 1 fully saturated rings. The number of aliphatic carboxylic acids is 1. The van der Waals surface area contributed by atoms with Crippen molar-refractivity contribution in [2.24, 2.45) is 11.3 Å². The zero-order valence-corrected chi connectivity index (χ0v) is 13.1. The van der Waals surface area contributed by atoms with Gasteiger partial charge >= 0.3 is 12.0 Å². The molecule has 0 aliphatic carbocycles. The predicted molar refractivity (Wildman–Crippen MR) is 78.6 cm³/mol. The van der Waals surface area contributed by atoms with Gasteiger partial charge in [-0.2, -0.15) is 0 Å². The Labute approximate surface area is 121 Å². The second-order valence-electron chi connectivity index (χ2n) is 6.45. The normalized spacial score (nSPS) is 21.1. The van der Waals surface area contributed by atoms with E-state index in [2.05, 4.69) is 19.2 Å². The van der Waals surface area contributed by atoms with Gasteiger partial charge in [-0.05, 0) is 39.0 Å². The first-order valence-electron chi connectivity index (χ1n) is 7.57. The minimum atomic E-state index is -0.761. The van der Waals surface area contributed by atoms with Crippen molar-refractivity contribution in [3.8, 4) is 0 Å². The minimum absolute atomic E-state index is 0.0618. The van der Waals surface area contributed by atoms with Crippen LogP contribution in [0.4, 0.5) is 4.79 Å². The fourth-order valence-corrected chi connectivity index (χ4v) is 2.55. The molecule has 5 heteroatoms. The predicted octanol–water partition coefficient (Wildman–Crippen LogP) is 2.71. The summed E-state index contributed by atoms with van der Waals surface area (Å²) >= 11 is 0. The van der Waals surface area contributed by atoms with Gasteiger partial charge in [0.1, 0.15) is 0 Å². The molecule has 2 atom stereocenters. The maximum Gasteiger partial charge on any atom is 0.317 e. The molecule has 2 N–H and O–H groups in total. The Hall–Kier alpha value is -1.26. The van der Waals surface area contributed by atoms with Crippen LogP contribution in [0.15, 0.2) is 0 Å². The second kappa shape index (κ2) is 6.95. The zero-order valence-electron chi connectivity index (χ0n) is 13.1. The largest absolute Gasteiger partial charge is 0.481 e. The number of carboxylic acids is 1. The van der Waals surface area contributed by atoms with Crippen LogP contribution in [0.5, 0.6) is 0 Å². The molecular formula is C15H28N2O3. The van der Waals surface area contributed by atoms with E-state index in [9.17, 15) is 14.7 Å². The van der Waals surface area contributed by atoms with E-state index in [0.717, 1.165) is 12.8 Å². The van der Waals surface area contributed by atoms with Gasteiger partial charge in [0, 0.05) is 19.1 Å². The first-order chi connectivity index (χ1) is 9.28. The van der Waals surface area contributed by atoms with E-state index in [-0.39, 0.29) is 12.1 Å². The second-order valence-corrected chi connectivity index (χ2v) is 6.45. The lowest BCUT2D eigenvalue weighted by Crippen LogP contribution is -2.50. The van der Waals surface area contributed by atoms with E-state index < -0.39 is 11.4 Å². The summed E-state index contributed by atoms with van der Waals surface area (Å²) < 4.78 is 0. The molecule has 20 heavy (non-hydrogen) atoms. The number of amides is 2. The molecule has 5 nitrogen and oxygen atoms in total. The molecule has 1 rings (SSSR count). The minimum Gasteiger partial charge on any atom is -0.481 e. The van der Waals surface area contributed by atoms with Crippen molar-refractivity contribution in [3.63, 3.8) is 0 Å². The van der Waals surface area contributed by atoms with Crippen molar-refractivity contribution in [1.82, 2.24) is 10.2 Å². The van der Waals surface area contributed by atoms with Gasteiger partial charge in [0.25, 0.3) is 0 Å². The van der Waals surface area contributed by atoms with E-state index >= 15 is 0 Å². The fourth-order valence-electron chi connectivity index (χ4n) is 2.55. The third kappa shape index (κ3) is 4.39. The van der Waals surface area contributed by atoms with Gasteiger partial charge < -0.3 is 15.3 Å². The molecule has 1 saturated heterocycles. The number of carbonyl (C=O) groups excluding carboxylic acids is 1. The Kier molecular flexibility index (Phi) is 5.84. The topological polar surface area (TPSA) is 69.6 Å². The van der Waals surface area contributed by atoms with E-state index in [4.69, 9.17) is 0 Å². The molecule has 0 spiro atoms. The van der Waals surface area contributed by atoms with Crippen molar-refractivity contribution >= 4 is 12.0 Å². The molecule has 1 aliphatic heterocycles. The molecule has 0 aromatic carbocycles. The summed E-state index contributed by atoms with van der Waals surface area (Å²) in [4.78, 5) is 25.0. The van der Waals surface area contributed by atoms with Crippen molar-refractivity contribution in [3.05, 3.63) is 0 Å². The highest BCUT2D eigenvalue weighted by Gasteiger charge is 2.38. The van der Waals surface area contributed by atoms with Crippen molar-refractivity contribution < 1.29 is 14.7 Å². The van der Waals surface area contributed by atoms with Crippen LogP contribution < -0.4 is 5.32 Å². The third-order valence-electron chi connectivity index (χ3n) is 4.49. The lowest BCUT2D eigenvalue weighted by Gasteiger charge is -2.37. The summed E-state index contributed by atoms with van der Waals surface area (Å²) in [5.41, 5.74) is -0.681. The Morgan fingerprint density at radius 3 is 2.30 bits per heavy atom. The Bertz CT molecular complexity index is 349. The molecule has 0 aromatic heterocycles. The smallest absolute Gasteiger partial charge is 0.317 e. The number of rotatable bonds is 5. The van der Waals surface area contributed by atoms with Gasteiger partial charge in [-0.3, -0.25) is 4.79 Å². The summed E-state index contributed by atoms with van der Waals surface area (Å²) in [6, 6.07) is 0.0958. The highest BCUT2D eigenvalue weighted by Crippen LogP contribution is 2.31. The number of nitrogens with zero attached hydrogens (tertiary/aromatic N) is 1. The molecule has 2 amide bonds. The summed E-state index contributed by atoms with van der Waals surface area (Å²) in [5.74, 6) is -0.162. The van der Waals surface area contributed by atoms with Gasteiger partial charge in [0.15, 0.2) is 0 Å². The summed E-state index contributed by atoms with van der Waals surface area (Å²) in [7, 11) is 0. The average Bonchev–Trinajstić information content (AvgIpc) is 2.38. The molecule has 1 aliphatic rings. The molecule has 0 radical (unpaired) electrons. The quantitative estimate of drug-likeness (QED) is 0.815. The van der Waals surface area contributed by atoms with E-state index in [1.54, 1.807) is 11.8 Å². The molecular weight excluding hydrogens is 256 g/mol. The number of hydrogen-bond donors (Lipinski definition) is 2. The molecule has 2 unspecified atom stereocenters. The number of piperidine rings is 1. The van der Waals surface area contributed by atoms with E-state index in [1.807, 2.05) is 6.92 Å². The van der Waals surface area contributed by atoms with Gasteiger partial charge in [0.05, 0.1) is 5.41 Å². The number of hydrogen-bond acceptors (Lipinski definition) is 2. The van der Waals surface area contributed by atoms with Crippen molar-refractivity contribution in [2.75, 3.05) is 13.1 Å². The lowest BCUT2D eigenvalue weighted by molar-refractivity contribution is -0.150. The van der Waals surface area contributed by atoms with Gasteiger partial charge in [-0.1, -0.05) is 20.3 Å². The van der Waals surface area contributed by atoms with Crippen LogP contribution in [0.2, 0.25) is 0 Å². The number of likely N-dealkylation sites (tertiary alicyclic amines) is 1. The van der Waals surface area contributed by atoms with Gasteiger partial charge in [0.2, 0.25) is 0 Å². The maximum absolute atomic E-state index is 12.1. The molecule has 1 heterocycles. The third-order valence-corrected chi connectivity index (χ3v) is 4.49. The van der Waals surface area contributed by atoms with Crippen LogP contribution in [-0.2, 0) is 4.79 Å². The van der Waals surface area contributed by atoms with Crippen LogP contribution in [-0.4, -0.2) is 41.1 Å². The Balaban J connectivity index is 2.41. The van der Waals surface area contributed by atoms with Crippen molar-refractivity contribution in [2.45, 2.75) is 59.4 Å². The van der Waals surface area contributed by atoms with Crippen LogP contribution in [0, 0.1) is 11.3 Å². The molecule has 0 bridgehead atoms. The standard InChI is InChI=1S/C15H28N2O3/c1-5-11(2)10-12(3)16-14(20)17-8-6-15(4,7-9-17)13(18)19/h11-12H,5-10H2,1-4H3,(H,16,20)(H,18,19). The Morgan fingerprint density at radius 1 is 1.30 bits per heavy atom. The summed E-state index contributed by atoms with van der Waals surface area (Å²) in [6.07, 6.45) is 3.13.